The molecule has 0 fully saturated rings. The van der Waals surface area contributed by atoms with Crippen LogP contribution in [-0.4, -0.2) is 38.2 Å². The Balaban J connectivity index is 2.61. The fourth-order valence-corrected chi connectivity index (χ4v) is 3.81. The van der Waals surface area contributed by atoms with Gasteiger partial charge in [-0.25, -0.2) is 16.8 Å². The molecule has 0 aliphatic rings. The highest BCUT2D eigenvalue weighted by molar-refractivity contribution is 7.91. The van der Waals surface area contributed by atoms with E-state index in [1.165, 1.54) is 0 Å². The van der Waals surface area contributed by atoms with Crippen LogP contribution in [0.4, 0.5) is 5.69 Å². The molecule has 0 bridgehead atoms. The molecule has 0 spiro atoms. The lowest BCUT2D eigenvalue weighted by Gasteiger charge is -2.07. The zero-order valence-electron chi connectivity index (χ0n) is 12.1. The Morgan fingerprint density at radius 1 is 0.917 bits per heavy atom. The smallest absolute Gasteiger partial charge is 0.315 e. The molecule has 0 aliphatic heterocycles. The molecule has 2 aromatic carbocycles. The second-order valence-electron chi connectivity index (χ2n) is 4.81. The van der Waals surface area contributed by atoms with E-state index in [4.69, 9.17) is 0 Å². The van der Waals surface area contributed by atoms with Gasteiger partial charge in [-0.15, -0.1) is 0 Å². The van der Waals surface area contributed by atoms with Gasteiger partial charge in [-0.2, -0.15) is 0 Å². The van der Waals surface area contributed by atoms with Gasteiger partial charge in [0, 0.05) is 18.4 Å². The summed E-state index contributed by atoms with van der Waals surface area (Å²) < 4.78 is 47.7. The zero-order chi connectivity index (χ0) is 18.3. The van der Waals surface area contributed by atoms with Crippen LogP contribution in [0.5, 0.6) is 11.5 Å². The Hall–Kier alpha value is -2.66. The predicted octanol–water partition coefficient (Wildman–Crippen LogP) is 1.24. The molecule has 0 aliphatic carbocycles. The maximum absolute atomic E-state index is 12.5. The fraction of sp³-hybridized carbons (Fsp3) is 0.0769. The van der Waals surface area contributed by atoms with Crippen LogP contribution < -0.4 is 0 Å². The highest BCUT2D eigenvalue weighted by Gasteiger charge is 2.26. The van der Waals surface area contributed by atoms with Crippen LogP contribution in [0.25, 0.3) is 0 Å². The van der Waals surface area contributed by atoms with Crippen molar-refractivity contribution < 1.29 is 32.0 Å². The molecule has 0 saturated carbocycles. The van der Waals surface area contributed by atoms with Crippen LogP contribution in [0.15, 0.2) is 51.1 Å². The van der Waals surface area contributed by atoms with E-state index in [0.29, 0.717) is 12.1 Å². The first-order valence-electron chi connectivity index (χ1n) is 6.20. The third-order valence-electron chi connectivity index (χ3n) is 3.11. The van der Waals surface area contributed by atoms with E-state index in [-0.39, 0.29) is 9.79 Å². The number of nitro benzene ring substituents is 1. The number of nitro groups is 1. The number of benzene rings is 2. The SMILES string of the molecule is CS(=O)(=O)c1ccc(S(=O)(=O)c2cc(O)c(O)c([N+](=O)[O-])c2)cc1. The minimum Gasteiger partial charge on any atom is -0.504 e. The van der Waals surface area contributed by atoms with E-state index in [1.807, 2.05) is 0 Å². The third kappa shape index (κ3) is 3.16. The van der Waals surface area contributed by atoms with Crippen LogP contribution in [0.2, 0.25) is 0 Å². The maximum atomic E-state index is 12.5. The van der Waals surface area contributed by atoms with Gasteiger partial charge in [-0.3, -0.25) is 10.1 Å². The van der Waals surface area contributed by atoms with Crippen molar-refractivity contribution in [1.82, 2.24) is 0 Å². The second kappa shape index (κ2) is 5.76. The first-order valence-corrected chi connectivity index (χ1v) is 9.57. The number of phenolic OH excluding ortho intramolecular Hbond substituents is 2. The molecule has 0 heterocycles. The third-order valence-corrected chi connectivity index (χ3v) is 5.99. The fourth-order valence-electron chi connectivity index (χ4n) is 1.88. The van der Waals surface area contributed by atoms with E-state index in [0.717, 1.165) is 30.5 Å². The Labute approximate surface area is 136 Å². The topological polar surface area (TPSA) is 152 Å². The van der Waals surface area contributed by atoms with Crippen LogP contribution >= 0.6 is 0 Å². The van der Waals surface area contributed by atoms with Gasteiger partial charge in [-0.1, -0.05) is 0 Å². The van der Waals surface area contributed by atoms with Gasteiger partial charge in [0.1, 0.15) is 0 Å². The lowest BCUT2D eigenvalue weighted by Crippen LogP contribution is -2.04. The minimum atomic E-state index is -4.27. The molecule has 0 unspecified atom stereocenters. The van der Waals surface area contributed by atoms with Crippen molar-refractivity contribution in [2.75, 3.05) is 6.26 Å². The summed E-state index contributed by atoms with van der Waals surface area (Å²) in [5.41, 5.74) is -0.971. The molecule has 2 rings (SSSR count). The first kappa shape index (κ1) is 17.7. The average Bonchev–Trinajstić information content (AvgIpc) is 2.48. The van der Waals surface area contributed by atoms with Crippen molar-refractivity contribution in [2.45, 2.75) is 14.7 Å². The largest absolute Gasteiger partial charge is 0.504 e. The molecule has 0 saturated heterocycles. The normalized spacial score (nSPS) is 12.0. The molecule has 11 heteroatoms. The van der Waals surface area contributed by atoms with Gasteiger partial charge in [0.2, 0.25) is 15.6 Å². The van der Waals surface area contributed by atoms with Gasteiger partial charge >= 0.3 is 5.69 Å². The highest BCUT2D eigenvalue weighted by atomic mass is 32.2. The number of rotatable bonds is 4. The summed E-state index contributed by atoms with van der Waals surface area (Å²) in [6.45, 7) is 0. The number of hydrogen-bond donors (Lipinski definition) is 2. The van der Waals surface area contributed by atoms with Crippen molar-refractivity contribution in [3.05, 3.63) is 46.5 Å². The predicted molar refractivity (Wildman–Crippen MR) is 81.4 cm³/mol. The Morgan fingerprint density at radius 2 is 1.42 bits per heavy atom. The summed E-state index contributed by atoms with van der Waals surface area (Å²) in [6, 6.07) is 5.49. The molecule has 2 aromatic rings. The summed E-state index contributed by atoms with van der Waals surface area (Å²) in [5, 5.41) is 29.7. The van der Waals surface area contributed by atoms with Crippen LogP contribution in [0.1, 0.15) is 0 Å². The summed E-state index contributed by atoms with van der Waals surface area (Å²) in [4.78, 5) is 8.74. The average molecular weight is 373 g/mol. The van der Waals surface area contributed by atoms with Gasteiger partial charge in [0.15, 0.2) is 15.6 Å². The molecule has 128 valence electrons. The molecular weight excluding hydrogens is 362 g/mol. The quantitative estimate of drug-likeness (QED) is 0.461. The van der Waals surface area contributed by atoms with E-state index >= 15 is 0 Å². The van der Waals surface area contributed by atoms with E-state index in [2.05, 4.69) is 0 Å². The molecule has 2 N–H and O–H groups in total. The Bertz CT molecular complexity index is 1020. The minimum absolute atomic E-state index is 0.0963. The monoisotopic (exact) mass is 373 g/mol. The Kier molecular flexibility index (Phi) is 4.25. The van der Waals surface area contributed by atoms with Gasteiger partial charge in [0.05, 0.1) is 19.6 Å². The van der Waals surface area contributed by atoms with Crippen LogP contribution in [0, 0.1) is 10.1 Å². The van der Waals surface area contributed by atoms with Crippen LogP contribution in [-0.2, 0) is 19.7 Å². The standard InChI is InChI=1S/C13H11NO8S2/c1-23(19,20)8-2-4-9(5-3-8)24(21,22)10-6-11(14(17)18)13(16)12(15)7-10/h2-7,15-16H,1H3. The maximum Gasteiger partial charge on any atom is 0.315 e. The molecule has 0 radical (unpaired) electrons. The number of nitrogens with zero attached hydrogens (tertiary/aromatic N) is 1. The lowest BCUT2D eigenvalue weighted by atomic mass is 10.3. The van der Waals surface area contributed by atoms with Crippen molar-refractivity contribution in [3.8, 4) is 11.5 Å². The van der Waals surface area contributed by atoms with E-state index < -0.39 is 46.7 Å². The molecule has 0 amide bonds. The molecular formula is C13H11NO8S2. The molecule has 24 heavy (non-hydrogen) atoms. The highest BCUT2D eigenvalue weighted by Crippen LogP contribution is 2.38. The summed E-state index contributed by atoms with van der Waals surface area (Å²) in [5.74, 6) is -2.01. The first-order chi connectivity index (χ1) is 10.9. The second-order valence-corrected chi connectivity index (χ2v) is 8.78. The zero-order valence-corrected chi connectivity index (χ0v) is 13.7. The number of sulfone groups is 2. The van der Waals surface area contributed by atoms with Gasteiger partial charge in [-0.05, 0) is 24.3 Å². The van der Waals surface area contributed by atoms with Crippen molar-refractivity contribution >= 4 is 25.4 Å². The summed E-state index contributed by atoms with van der Waals surface area (Å²) in [6.07, 6.45) is 0.956. The summed E-state index contributed by atoms with van der Waals surface area (Å²) >= 11 is 0. The number of hydrogen-bond acceptors (Lipinski definition) is 8. The van der Waals surface area contributed by atoms with E-state index in [9.17, 15) is 37.2 Å². The molecule has 0 aromatic heterocycles. The van der Waals surface area contributed by atoms with Crippen molar-refractivity contribution in [1.29, 1.82) is 0 Å². The lowest BCUT2D eigenvalue weighted by molar-refractivity contribution is -0.386. The van der Waals surface area contributed by atoms with Crippen molar-refractivity contribution in [3.63, 3.8) is 0 Å². The summed E-state index contributed by atoms with van der Waals surface area (Å²) in [7, 11) is -7.78. The number of aromatic hydroxyl groups is 2. The van der Waals surface area contributed by atoms with Gasteiger partial charge in [0.25, 0.3) is 0 Å². The van der Waals surface area contributed by atoms with E-state index in [1.54, 1.807) is 0 Å². The molecule has 9 nitrogen and oxygen atoms in total. The van der Waals surface area contributed by atoms with Crippen LogP contribution in [0.3, 0.4) is 0 Å². The Morgan fingerprint density at radius 3 is 1.88 bits per heavy atom. The van der Waals surface area contributed by atoms with Crippen molar-refractivity contribution in [2.24, 2.45) is 0 Å². The molecule has 0 atom stereocenters. The number of phenols is 2. The van der Waals surface area contributed by atoms with Gasteiger partial charge < -0.3 is 10.2 Å².